The van der Waals surface area contributed by atoms with Crippen LogP contribution in [0.15, 0.2) is 0 Å². The second-order valence-electron chi connectivity index (χ2n) is 1.74. The van der Waals surface area contributed by atoms with Crippen LogP contribution in [0.25, 0.3) is 0 Å². The molecule has 0 heterocycles. The van der Waals surface area contributed by atoms with Gasteiger partial charge >= 0.3 is 5.97 Å². The van der Waals surface area contributed by atoms with Crippen molar-refractivity contribution in [2.24, 2.45) is 0 Å². The number of aliphatic hydroxyl groups excluding tert-OH is 2. The van der Waals surface area contributed by atoms with Gasteiger partial charge in [0.1, 0.15) is 6.10 Å². The van der Waals surface area contributed by atoms with Gasteiger partial charge in [-0.05, 0) is 20.8 Å². The van der Waals surface area contributed by atoms with E-state index in [-0.39, 0.29) is 6.61 Å². The molecule has 0 saturated heterocycles. The molecule has 1 atom stereocenters. The van der Waals surface area contributed by atoms with Crippen LogP contribution in [0.1, 0.15) is 20.8 Å². The van der Waals surface area contributed by atoms with Gasteiger partial charge in [0.15, 0.2) is 0 Å². The maximum atomic E-state index is 10.3. The SMILES string of the molecule is CCO.CCOC(=O)C(C)O. The van der Waals surface area contributed by atoms with E-state index in [4.69, 9.17) is 10.2 Å². The smallest absolute Gasteiger partial charge is 0.334 e. The fourth-order valence-electron chi connectivity index (χ4n) is 0.263. The Balaban J connectivity index is 0. The van der Waals surface area contributed by atoms with Crippen LogP contribution in [0.2, 0.25) is 0 Å². The largest absolute Gasteiger partial charge is 0.464 e. The third kappa shape index (κ3) is 12.6. The van der Waals surface area contributed by atoms with Gasteiger partial charge in [-0.2, -0.15) is 0 Å². The number of rotatable bonds is 2. The molecule has 1 unspecified atom stereocenters. The second kappa shape index (κ2) is 9.39. The van der Waals surface area contributed by atoms with E-state index in [9.17, 15) is 4.79 Å². The molecule has 0 saturated carbocycles. The normalized spacial score (nSPS) is 11.0. The maximum Gasteiger partial charge on any atom is 0.334 e. The number of hydrogen-bond acceptors (Lipinski definition) is 4. The summed E-state index contributed by atoms with van der Waals surface area (Å²) in [6.07, 6.45) is -0.991. The predicted molar refractivity (Wildman–Crippen MR) is 41.1 cm³/mol. The minimum Gasteiger partial charge on any atom is -0.464 e. The third-order valence-electron chi connectivity index (χ3n) is 0.628. The maximum absolute atomic E-state index is 10.3. The first-order valence-corrected chi connectivity index (χ1v) is 3.55. The summed E-state index contributed by atoms with van der Waals surface area (Å²) in [6, 6.07) is 0. The van der Waals surface area contributed by atoms with Crippen LogP contribution in [0, 0.1) is 0 Å². The molecule has 11 heavy (non-hydrogen) atoms. The van der Waals surface area contributed by atoms with Crippen molar-refractivity contribution in [1.29, 1.82) is 0 Å². The number of carbonyl (C=O) groups excluding carboxylic acids is 1. The topological polar surface area (TPSA) is 66.8 Å². The predicted octanol–water partition coefficient (Wildman–Crippen LogP) is -0.0711. The van der Waals surface area contributed by atoms with E-state index < -0.39 is 12.1 Å². The van der Waals surface area contributed by atoms with Crippen molar-refractivity contribution in [3.05, 3.63) is 0 Å². The Hall–Kier alpha value is -0.610. The van der Waals surface area contributed by atoms with Crippen LogP contribution in [-0.2, 0) is 9.53 Å². The van der Waals surface area contributed by atoms with Gasteiger partial charge in [0.2, 0.25) is 0 Å². The Morgan fingerprint density at radius 1 is 1.55 bits per heavy atom. The molecular weight excluding hydrogens is 148 g/mol. The van der Waals surface area contributed by atoms with Crippen LogP contribution in [0.3, 0.4) is 0 Å². The first-order chi connectivity index (χ1) is 5.09. The Morgan fingerprint density at radius 3 is 2.00 bits per heavy atom. The lowest BCUT2D eigenvalue weighted by atomic mass is 10.4. The molecule has 0 spiro atoms. The first-order valence-electron chi connectivity index (χ1n) is 3.55. The van der Waals surface area contributed by atoms with E-state index in [0.29, 0.717) is 6.61 Å². The van der Waals surface area contributed by atoms with Gasteiger partial charge in [0.25, 0.3) is 0 Å². The highest BCUT2D eigenvalue weighted by atomic mass is 16.5. The van der Waals surface area contributed by atoms with Gasteiger partial charge in [-0.3, -0.25) is 0 Å². The summed E-state index contributed by atoms with van der Waals surface area (Å²) < 4.78 is 4.41. The molecule has 4 heteroatoms. The van der Waals surface area contributed by atoms with Gasteiger partial charge in [0, 0.05) is 6.61 Å². The molecule has 0 aliphatic heterocycles. The van der Waals surface area contributed by atoms with Crippen LogP contribution in [0.5, 0.6) is 0 Å². The first kappa shape index (κ1) is 13.0. The lowest BCUT2D eigenvalue weighted by molar-refractivity contribution is -0.151. The molecule has 0 aromatic carbocycles. The van der Waals surface area contributed by atoms with Crippen molar-refractivity contribution in [3.63, 3.8) is 0 Å². The zero-order valence-electron chi connectivity index (χ0n) is 7.20. The van der Waals surface area contributed by atoms with Crippen molar-refractivity contribution < 1.29 is 19.7 Å². The Morgan fingerprint density at radius 2 is 1.91 bits per heavy atom. The molecule has 0 rings (SSSR count). The Bertz CT molecular complexity index is 90.4. The van der Waals surface area contributed by atoms with E-state index in [0.717, 1.165) is 0 Å². The van der Waals surface area contributed by atoms with Crippen molar-refractivity contribution in [3.8, 4) is 0 Å². The zero-order chi connectivity index (χ0) is 9.28. The molecule has 68 valence electrons. The minimum atomic E-state index is -0.991. The van der Waals surface area contributed by atoms with Gasteiger partial charge in [0.05, 0.1) is 6.61 Å². The van der Waals surface area contributed by atoms with Crippen LogP contribution in [-0.4, -0.2) is 35.5 Å². The molecule has 0 aromatic rings. The highest BCUT2D eigenvalue weighted by molar-refractivity contribution is 5.73. The van der Waals surface area contributed by atoms with Crippen molar-refractivity contribution in [1.82, 2.24) is 0 Å². The van der Waals surface area contributed by atoms with E-state index in [1.54, 1.807) is 13.8 Å². The van der Waals surface area contributed by atoms with Crippen molar-refractivity contribution in [2.45, 2.75) is 26.9 Å². The van der Waals surface area contributed by atoms with Gasteiger partial charge < -0.3 is 14.9 Å². The third-order valence-corrected chi connectivity index (χ3v) is 0.628. The lowest BCUT2D eigenvalue weighted by Gasteiger charge is -2.01. The summed E-state index contributed by atoms with van der Waals surface area (Å²) >= 11 is 0. The molecule has 0 bridgehead atoms. The molecule has 4 nitrogen and oxygen atoms in total. The molecule has 0 aliphatic carbocycles. The van der Waals surface area contributed by atoms with E-state index in [1.807, 2.05) is 0 Å². The van der Waals surface area contributed by atoms with Crippen LogP contribution in [0.4, 0.5) is 0 Å². The standard InChI is InChI=1S/C5H10O3.C2H6O/c1-3-8-5(7)4(2)6;1-2-3/h4,6H,3H2,1-2H3;3H,2H2,1H3. The quantitative estimate of drug-likeness (QED) is 0.560. The molecule has 0 fully saturated rings. The molecule has 0 amide bonds. The average Bonchev–Trinajstić information content (AvgIpc) is 1.90. The number of esters is 1. The number of carbonyl (C=O) groups is 1. The zero-order valence-corrected chi connectivity index (χ0v) is 7.20. The number of aliphatic hydroxyl groups is 2. The van der Waals surface area contributed by atoms with Gasteiger partial charge in [-0.25, -0.2) is 4.79 Å². The average molecular weight is 164 g/mol. The molecule has 0 radical (unpaired) electrons. The Kier molecular flexibility index (Phi) is 11.1. The molecular formula is C7H16O4. The summed E-state index contributed by atoms with van der Waals surface area (Å²) in [5, 5.41) is 16.0. The Labute approximate surface area is 66.8 Å². The fourth-order valence-corrected chi connectivity index (χ4v) is 0.263. The van der Waals surface area contributed by atoms with Gasteiger partial charge in [-0.15, -0.1) is 0 Å². The summed E-state index contributed by atoms with van der Waals surface area (Å²) in [4.78, 5) is 10.3. The highest BCUT2D eigenvalue weighted by Crippen LogP contribution is 1.84. The van der Waals surface area contributed by atoms with E-state index in [1.165, 1.54) is 6.92 Å². The van der Waals surface area contributed by atoms with E-state index >= 15 is 0 Å². The highest BCUT2D eigenvalue weighted by Gasteiger charge is 2.07. The van der Waals surface area contributed by atoms with Crippen LogP contribution < -0.4 is 0 Å². The number of hydrogen-bond donors (Lipinski definition) is 2. The summed E-state index contributed by atoms with van der Waals surface area (Å²) in [5.41, 5.74) is 0. The summed E-state index contributed by atoms with van der Waals surface area (Å²) in [7, 11) is 0. The lowest BCUT2D eigenvalue weighted by Crippen LogP contribution is -2.18. The van der Waals surface area contributed by atoms with E-state index in [2.05, 4.69) is 4.74 Å². The summed E-state index contributed by atoms with van der Waals surface area (Å²) in [6.45, 7) is 5.32. The van der Waals surface area contributed by atoms with Gasteiger partial charge in [-0.1, -0.05) is 0 Å². The number of ether oxygens (including phenoxy) is 1. The molecule has 0 aliphatic rings. The monoisotopic (exact) mass is 164 g/mol. The van der Waals surface area contributed by atoms with Crippen molar-refractivity contribution >= 4 is 5.97 Å². The summed E-state index contributed by atoms with van der Waals surface area (Å²) in [5.74, 6) is -0.562. The van der Waals surface area contributed by atoms with Crippen molar-refractivity contribution in [2.75, 3.05) is 13.2 Å². The van der Waals surface area contributed by atoms with Crippen LogP contribution >= 0.6 is 0 Å². The molecule has 0 aromatic heterocycles. The fraction of sp³-hybridized carbons (Fsp3) is 0.857. The molecule has 2 N–H and O–H groups in total. The second-order valence-corrected chi connectivity index (χ2v) is 1.74. The minimum absolute atomic E-state index is 0.250.